The second kappa shape index (κ2) is 9.86. The highest BCUT2D eigenvalue weighted by Crippen LogP contribution is 2.34. The van der Waals surface area contributed by atoms with E-state index >= 15 is 0 Å². The Morgan fingerprint density at radius 2 is 1.75 bits per heavy atom. The van der Waals surface area contributed by atoms with Gasteiger partial charge in [-0.3, -0.25) is 4.79 Å². The van der Waals surface area contributed by atoms with Gasteiger partial charge in [0.2, 0.25) is 0 Å². The smallest absolute Gasteiger partial charge is 0.434 e. The molecule has 9 heteroatoms. The van der Waals surface area contributed by atoms with Crippen molar-refractivity contribution in [2.24, 2.45) is 0 Å². The van der Waals surface area contributed by atoms with Crippen molar-refractivity contribution in [1.82, 2.24) is 14.7 Å². The molecule has 170 valence electrons. The van der Waals surface area contributed by atoms with E-state index in [0.29, 0.717) is 18.0 Å². The molecule has 0 atom stereocenters. The van der Waals surface area contributed by atoms with Crippen molar-refractivity contribution in [3.63, 3.8) is 0 Å². The van der Waals surface area contributed by atoms with E-state index in [2.05, 4.69) is 15.3 Å². The summed E-state index contributed by atoms with van der Waals surface area (Å²) in [6, 6.07) is 12.9. The average Bonchev–Trinajstić information content (AvgIpc) is 3.19. The second-order valence-electron chi connectivity index (χ2n) is 7.64. The molecule has 6 nitrogen and oxygen atoms in total. The van der Waals surface area contributed by atoms with E-state index in [-0.39, 0.29) is 5.69 Å². The van der Waals surface area contributed by atoms with Gasteiger partial charge in [0.25, 0.3) is 5.91 Å². The van der Waals surface area contributed by atoms with E-state index < -0.39 is 23.3 Å². The van der Waals surface area contributed by atoms with Crippen molar-refractivity contribution in [3.05, 3.63) is 71.5 Å². The van der Waals surface area contributed by atoms with Gasteiger partial charge in [-0.15, -0.1) is 0 Å². The number of hydrogen-bond acceptors (Lipinski definition) is 4. The lowest BCUT2D eigenvalue weighted by Gasteiger charge is -2.13. The van der Waals surface area contributed by atoms with Crippen molar-refractivity contribution in [3.8, 4) is 11.4 Å². The molecule has 3 rings (SSSR count). The molecule has 0 radical (unpaired) electrons. The van der Waals surface area contributed by atoms with E-state index in [1.807, 2.05) is 21.0 Å². The molecule has 1 heterocycles. The van der Waals surface area contributed by atoms with Gasteiger partial charge in [0.05, 0.1) is 24.1 Å². The lowest BCUT2D eigenvalue weighted by molar-refractivity contribution is -0.143. The number of anilines is 1. The van der Waals surface area contributed by atoms with E-state index in [0.717, 1.165) is 29.4 Å². The fraction of sp³-hybridized carbons (Fsp3) is 0.304. The molecule has 0 fully saturated rings. The van der Waals surface area contributed by atoms with Gasteiger partial charge in [-0.1, -0.05) is 17.7 Å². The molecular formula is C23H25F3N4O2. The topological polar surface area (TPSA) is 59.4 Å². The van der Waals surface area contributed by atoms with Gasteiger partial charge in [0.1, 0.15) is 5.75 Å². The summed E-state index contributed by atoms with van der Waals surface area (Å²) in [7, 11) is 3.96. The van der Waals surface area contributed by atoms with E-state index in [1.54, 1.807) is 36.4 Å². The maximum absolute atomic E-state index is 13.8. The highest BCUT2D eigenvalue weighted by atomic mass is 19.4. The maximum atomic E-state index is 13.8. The third-order valence-corrected chi connectivity index (χ3v) is 4.69. The van der Waals surface area contributed by atoms with Gasteiger partial charge < -0.3 is 15.0 Å². The van der Waals surface area contributed by atoms with Gasteiger partial charge in [0, 0.05) is 12.2 Å². The molecule has 0 aliphatic heterocycles. The number of amides is 1. The predicted octanol–water partition coefficient (Wildman–Crippen LogP) is 4.78. The molecule has 32 heavy (non-hydrogen) atoms. The molecule has 3 aromatic rings. The van der Waals surface area contributed by atoms with Crippen LogP contribution in [0.15, 0.2) is 54.7 Å². The predicted molar refractivity (Wildman–Crippen MR) is 116 cm³/mol. The summed E-state index contributed by atoms with van der Waals surface area (Å²) in [6.45, 7) is 3.26. The fourth-order valence-corrected chi connectivity index (χ4v) is 3.07. The highest BCUT2D eigenvalue weighted by molar-refractivity contribution is 6.05. The van der Waals surface area contributed by atoms with E-state index in [4.69, 9.17) is 4.74 Å². The van der Waals surface area contributed by atoms with Gasteiger partial charge in [-0.05, 0) is 63.8 Å². The quantitative estimate of drug-likeness (QED) is 0.506. The minimum absolute atomic E-state index is 0.220. The lowest BCUT2D eigenvalue weighted by Crippen LogP contribution is -2.20. The molecular weight excluding hydrogens is 421 g/mol. The monoisotopic (exact) mass is 446 g/mol. The first-order valence-corrected chi connectivity index (χ1v) is 10.1. The Balaban J connectivity index is 1.74. The minimum atomic E-state index is -4.77. The first-order chi connectivity index (χ1) is 15.1. The van der Waals surface area contributed by atoms with Gasteiger partial charge in [-0.25, -0.2) is 4.68 Å². The zero-order valence-corrected chi connectivity index (χ0v) is 18.1. The Morgan fingerprint density at radius 1 is 1.09 bits per heavy atom. The summed E-state index contributed by atoms with van der Waals surface area (Å²) < 4.78 is 47.7. The first kappa shape index (κ1) is 23.3. The number of aryl methyl sites for hydroxylation is 1. The third-order valence-electron chi connectivity index (χ3n) is 4.69. The molecule has 1 aromatic heterocycles. The number of carbonyl (C=O) groups excluding carboxylic acids is 1. The standard InChI is InChI=1S/C23H25F3N4O2/c1-16-5-9-18(10-6-16)30-21(23(24,25)26)20(15-27-30)22(31)28-17-7-11-19(12-8-17)32-14-4-13-29(2)3/h5-12,15H,4,13-14H2,1-3H3,(H,28,31). The van der Waals surface area contributed by atoms with Crippen LogP contribution >= 0.6 is 0 Å². The summed E-state index contributed by atoms with van der Waals surface area (Å²) in [6.07, 6.45) is -2.98. The van der Waals surface area contributed by atoms with Crippen molar-refractivity contribution < 1.29 is 22.7 Å². The van der Waals surface area contributed by atoms with Crippen LogP contribution < -0.4 is 10.1 Å². The SMILES string of the molecule is Cc1ccc(-n2ncc(C(=O)Nc3ccc(OCCCN(C)C)cc3)c2C(F)(F)F)cc1. The molecule has 0 spiro atoms. The molecule has 1 N–H and O–H groups in total. The van der Waals surface area contributed by atoms with Gasteiger partial charge in [-0.2, -0.15) is 18.3 Å². The van der Waals surface area contributed by atoms with Crippen LogP contribution in [0.1, 0.15) is 28.0 Å². The normalized spacial score (nSPS) is 11.6. The molecule has 0 bridgehead atoms. The van der Waals surface area contributed by atoms with Crippen LogP contribution in [0.2, 0.25) is 0 Å². The van der Waals surface area contributed by atoms with Crippen LogP contribution in [0.5, 0.6) is 5.75 Å². The van der Waals surface area contributed by atoms with Crippen LogP contribution in [0.4, 0.5) is 18.9 Å². The van der Waals surface area contributed by atoms with Crippen LogP contribution in [0.25, 0.3) is 5.69 Å². The Labute approximate surface area is 184 Å². The third kappa shape index (κ3) is 5.88. The summed E-state index contributed by atoms with van der Waals surface area (Å²) in [5.41, 5.74) is -0.205. The number of benzene rings is 2. The van der Waals surface area contributed by atoms with Crippen LogP contribution in [-0.2, 0) is 6.18 Å². The van der Waals surface area contributed by atoms with Crippen LogP contribution in [0, 0.1) is 6.92 Å². The zero-order chi connectivity index (χ0) is 23.3. The number of rotatable bonds is 8. The number of halogens is 3. The van der Waals surface area contributed by atoms with Crippen LogP contribution in [0.3, 0.4) is 0 Å². The minimum Gasteiger partial charge on any atom is -0.494 e. The van der Waals surface area contributed by atoms with Crippen molar-refractivity contribution in [2.45, 2.75) is 19.5 Å². The fourth-order valence-electron chi connectivity index (χ4n) is 3.07. The number of aromatic nitrogens is 2. The van der Waals surface area contributed by atoms with Crippen molar-refractivity contribution in [1.29, 1.82) is 0 Å². The first-order valence-electron chi connectivity index (χ1n) is 10.1. The Morgan fingerprint density at radius 3 is 2.34 bits per heavy atom. The number of alkyl halides is 3. The highest BCUT2D eigenvalue weighted by Gasteiger charge is 2.40. The number of carbonyl (C=O) groups is 1. The van der Waals surface area contributed by atoms with Crippen molar-refractivity contribution >= 4 is 11.6 Å². The summed E-state index contributed by atoms with van der Waals surface area (Å²) in [4.78, 5) is 14.7. The molecule has 0 saturated heterocycles. The van der Waals surface area contributed by atoms with Crippen LogP contribution in [-0.4, -0.2) is 47.8 Å². The van der Waals surface area contributed by atoms with Gasteiger partial charge in [0.15, 0.2) is 5.69 Å². The zero-order valence-electron chi connectivity index (χ0n) is 18.1. The summed E-state index contributed by atoms with van der Waals surface area (Å²) in [5.74, 6) is -0.278. The number of ether oxygens (including phenoxy) is 1. The lowest BCUT2D eigenvalue weighted by atomic mass is 10.2. The number of nitrogens with one attached hydrogen (secondary N) is 1. The molecule has 0 unspecified atom stereocenters. The molecule has 0 aliphatic carbocycles. The maximum Gasteiger partial charge on any atom is 0.434 e. The van der Waals surface area contributed by atoms with E-state index in [1.165, 1.54) is 12.1 Å². The second-order valence-corrected chi connectivity index (χ2v) is 7.64. The summed E-state index contributed by atoms with van der Waals surface area (Å²) >= 11 is 0. The largest absolute Gasteiger partial charge is 0.494 e. The van der Waals surface area contributed by atoms with Gasteiger partial charge >= 0.3 is 6.18 Å². The Kier molecular flexibility index (Phi) is 7.19. The summed E-state index contributed by atoms with van der Waals surface area (Å²) in [5, 5.41) is 6.33. The average molecular weight is 446 g/mol. The number of hydrogen-bond donors (Lipinski definition) is 1. The molecule has 2 aromatic carbocycles. The number of nitrogens with zero attached hydrogens (tertiary/aromatic N) is 3. The Hall–Kier alpha value is -3.33. The molecule has 1 amide bonds. The molecule has 0 saturated carbocycles. The van der Waals surface area contributed by atoms with E-state index in [9.17, 15) is 18.0 Å². The van der Waals surface area contributed by atoms with Crippen molar-refractivity contribution in [2.75, 3.05) is 32.6 Å². The Bertz CT molecular complexity index is 1040. The molecule has 0 aliphatic rings.